The van der Waals surface area contributed by atoms with Crippen molar-refractivity contribution in [3.05, 3.63) is 105 Å². The van der Waals surface area contributed by atoms with Gasteiger partial charge in [-0.25, -0.2) is 4.39 Å². The van der Waals surface area contributed by atoms with E-state index in [2.05, 4.69) is 20.8 Å². The Kier molecular flexibility index (Phi) is 7.24. The molecule has 2 N–H and O–H groups in total. The molecule has 2 amide bonds. The van der Waals surface area contributed by atoms with Crippen molar-refractivity contribution in [1.82, 2.24) is 15.5 Å². The molecule has 34 heavy (non-hydrogen) atoms. The molecule has 0 aliphatic heterocycles. The third-order valence-electron chi connectivity index (χ3n) is 4.92. The minimum Gasteiger partial charge on any atom is -0.486 e. The van der Waals surface area contributed by atoms with Gasteiger partial charge in [-0.15, -0.1) is 10.2 Å². The van der Waals surface area contributed by atoms with Crippen molar-refractivity contribution in [2.45, 2.75) is 20.1 Å². The van der Waals surface area contributed by atoms with Crippen LogP contribution in [-0.4, -0.2) is 22.0 Å². The van der Waals surface area contributed by atoms with Gasteiger partial charge in [0, 0.05) is 17.8 Å². The summed E-state index contributed by atoms with van der Waals surface area (Å²) in [5, 5.41) is 14.2. The summed E-state index contributed by atoms with van der Waals surface area (Å²) >= 11 is 1.09. The van der Waals surface area contributed by atoms with E-state index in [1.807, 2.05) is 31.2 Å². The van der Waals surface area contributed by atoms with Crippen LogP contribution in [0.2, 0.25) is 0 Å². The van der Waals surface area contributed by atoms with Gasteiger partial charge in [0.1, 0.15) is 18.2 Å². The van der Waals surface area contributed by atoms with Crippen molar-refractivity contribution in [2.24, 2.45) is 0 Å². The first kappa shape index (κ1) is 23.1. The van der Waals surface area contributed by atoms with Crippen LogP contribution in [0.3, 0.4) is 0 Å². The molecule has 0 aliphatic carbocycles. The molecule has 3 aromatic carbocycles. The number of nitrogens with zero attached hydrogens (tertiary/aromatic N) is 2. The quantitative estimate of drug-likeness (QED) is 0.383. The third-order valence-corrected chi connectivity index (χ3v) is 5.82. The van der Waals surface area contributed by atoms with Gasteiger partial charge in [0.2, 0.25) is 5.01 Å². The lowest BCUT2D eigenvalue weighted by Gasteiger charge is -2.09. The predicted molar refractivity (Wildman–Crippen MR) is 127 cm³/mol. The summed E-state index contributed by atoms with van der Waals surface area (Å²) in [5.74, 6) is -0.548. The molecule has 0 saturated heterocycles. The van der Waals surface area contributed by atoms with Crippen molar-refractivity contribution < 1.29 is 18.7 Å². The van der Waals surface area contributed by atoms with Crippen molar-refractivity contribution in [3.63, 3.8) is 0 Å². The molecule has 9 heteroatoms. The Bertz CT molecular complexity index is 1310. The van der Waals surface area contributed by atoms with Crippen molar-refractivity contribution >= 4 is 28.8 Å². The number of anilines is 1. The Labute approximate surface area is 199 Å². The van der Waals surface area contributed by atoms with E-state index in [1.165, 1.54) is 24.3 Å². The largest absolute Gasteiger partial charge is 0.486 e. The average molecular weight is 477 g/mol. The predicted octanol–water partition coefficient (Wildman–Crippen LogP) is 4.75. The van der Waals surface area contributed by atoms with E-state index in [0.29, 0.717) is 28.6 Å². The van der Waals surface area contributed by atoms with E-state index in [9.17, 15) is 14.0 Å². The molecule has 0 spiro atoms. The Morgan fingerprint density at radius 3 is 2.56 bits per heavy atom. The summed E-state index contributed by atoms with van der Waals surface area (Å²) in [6.45, 7) is 2.51. The molecule has 4 rings (SSSR count). The Morgan fingerprint density at radius 1 is 0.971 bits per heavy atom. The second-order valence-electron chi connectivity index (χ2n) is 7.39. The maximum absolute atomic E-state index is 13.0. The number of aryl methyl sites for hydroxylation is 1. The summed E-state index contributed by atoms with van der Waals surface area (Å²) in [5.41, 5.74) is 3.03. The summed E-state index contributed by atoms with van der Waals surface area (Å²) in [6, 6.07) is 20.1. The SMILES string of the molecule is Cc1ccccc1CNC(=O)c1cccc(NC(=O)c2nnc(COc3ccc(F)cc3)s2)c1. The van der Waals surface area contributed by atoms with Crippen LogP contribution < -0.4 is 15.4 Å². The number of nitrogens with one attached hydrogen (secondary N) is 2. The molecular formula is C25H21FN4O3S. The highest BCUT2D eigenvalue weighted by Gasteiger charge is 2.15. The fourth-order valence-corrected chi connectivity index (χ4v) is 3.74. The summed E-state index contributed by atoms with van der Waals surface area (Å²) in [7, 11) is 0. The number of ether oxygens (including phenoxy) is 1. The van der Waals surface area contributed by atoms with Gasteiger partial charge < -0.3 is 15.4 Å². The van der Waals surface area contributed by atoms with E-state index in [4.69, 9.17) is 4.74 Å². The molecule has 0 atom stereocenters. The zero-order valence-corrected chi connectivity index (χ0v) is 19.1. The summed E-state index contributed by atoms with van der Waals surface area (Å²) in [6.07, 6.45) is 0. The fraction of sp³-hybridized carbons (Fsp3) is 0.120. The highest BCUT2D eigenvalue weighted by atomic mass is 32.1. The highest BCUT2D eigenvalue weighted by molar-refractivity contribution is 7.13. The smallest absolute Gasteiger partial charge is 0.286 e. The molecule has 0 fully saturated rings. The van der Waals surface area contributed by atoms with Gasteiger partial charge in [-0.2, -0.15) is 0 Å². The number of hydrogen-bond donors (Lipinski definition) is 2. The normalized spacial score (nSPS) is 10.5. The highest BCUT2D eigenvalue weighted by Crippen LogP contribution is 2.18. The number of aromatic nitrogens is 2. The second-order valence-corrected chi connectivity index (χ2v) is 8.45. The van der Waals surface area contributed by atoms with E-state index in [-0.39, 0.29) is 23.3 Å². The minimum absolute atomic E-state index is 0.104. The number of carbonyl (C=O) groups is 2. The molecule has 0 bridgehead atoms. The summed E-state index contributed by atoms with van der Waals surface area (Å²) < 4.78 is 18.5. The Hall–Kier alpha value is -4.11. The Balaban J connectivity index is 1.33. The van der Waals surface area contributed by atoms with Gasteiger partial charge in [-0.05, 0) is 60.5 Å². The lowest BCUT2D eigenvalue weighted by atomic mass is 10.1. The van der Waals surface area contributed by atoms with Crippen molar-refractivity contribution in [3.8, 4) is 5.75 Å². The van der Waals surface area contributed by atoms with Crippen LogP contribution in [0.5, 0.6) is 5.75 Å². The Morgan fingerprint density at radius 2 is 1.76 bits per heavy atom. The summed E-state index contributed by atoms with van der Waals surface area (Å²) in [4.78, 5) is 25.2. The van der Waals surface area contributed by atoms with Crippen LogP contribution in [-0.2, 0) is 13.2 Å². The number of amides is 2. The lowest BCUT2D eigenvalue weighted by molar-refractivity contribution is 0.0949. The molecule has 0 unspecified atom stereocenters. The molecule has 4 aromatic rings. The fourth-order valence-electron chi connectivity index (χ4n) is 3.09. The van der Waals surface area contributed by atoms with E-state index in [0.717, 1.165) is 22.5 Å². The number of rotatable bonds is 8. The lowest BCUT2D eigenvalue weighted by Crippen LogP contribution is -2.23. The van der Waals surface area contributed by atoms with Crippen LogP contribution in [0.25, 0.3) is 0 Å². The van der Waals surface area contributed by atoms with Gasteiger partial charge in [0.15, 0.2) is 5.01 Å². The number of hydrogen-bond acceptors (Lipinski definition) is 6. The zero-order chi connectivity index (χ0) is 23.9. The van der Waals surface area contributed by atoms with Crippen LogP contribution in [0, 0.1) is 12.7 Å². The molecule has 1 heterocycles. The average Bonchev–Trinajstić information content (AvgIpc) is 3.32. The molecular weight excluding hydrogens is 455 g/mol. The molecule has 0 saturated carbocycles. The van der Waals surface area contributed by atoms with Crippen LogP contribution in [0.1, 0.15) is 36.3 Å². The van der Waals surface area contributed by atoms with E-state index < -0.39 is 5.91 Å². The minimum atomic E-state index is -0.442. The topological polar surface area (TPSA) is 93.2 Å². The van der Waals surface area contributed by atoms with Crippen LogP contribution >= 0.6 is 11.3 Å². The maximum atomic E-state index is 13.0. The molecule has 172 valence electrons. The molecule has 0 radical (unpaired) electrons. The molecule has 0 aliphatic rings. The number of halogens is 1. The van der Waals surface area contributed by atoms with Crippen molar-refractivity contribution in [2.75, 3.05) is 5.32 Å². The number of benzene rings is 3. The van der Waals surface area contributed by atoms with E-state index >= 15 is 0 Å². The van der Waals surface area contributed by atoms with Crippen molar-refractivity contribution in [1.29, 1.82) is 0 Å². The van der Waals surface area contributed by atoms with Crippen LogP contribution in [0.15, 0.2) is 72.8 Å². The first-order valence-electron chi connectivity index (χ1n) is 10.4. The van der Waals surface area contributed by atoms with E-state index in [1.54, 1.807) is 24.3 Å². The first-order valence-corrected chi connectivity index (χ1v) is 11.2. The number of carbonyl (C=O) groups excluding carboxylic acids is 2. The van der Waals surface area contributed by atoms with Gasteiger partial charge >= 0.3 is 0 Å². The molecule has 1 aromatic heterocycles. The third kappa shape index (κ3) is 6.02. The van der Waals surface area contributed by atoms with Gasteiger partial charge in [-0.1, -0.05) is 41.7 Å². The van der Waals surface area contributed by atoms with Gasteiger partial charge in [0.05, 0.1) is 0 Å². The standard InChI is InChI=1S/C25H21FN4O3S/c1-16-5-2-3-6-18(16)14-27-23(31)17-7-4-8-20(13-17)28-24(32)25-30-29-22(34-25)15-33-21-11-9-19(26)10-12-21/h2-13H,14-15H2,1H3,(H,27,31)(H,28,32). The monoisotopic (exact) mass is 476 g/mol. The van der Waals surface area contributed by atoms with Gasteiger partial charge in [-0.3, -0.25) is 9.59 Å². The van der Waals surface area contributed by atoms with Crippen LogP contribution in [0.4, 0.5) is 10.1 Å². The first-order chi connectivity index (χ1) is 16.5. The second kappa shape index (κ2) is 10.7. The molecule has 7 nitrogen and oxygen atoms in total. The van der Waals surface area contributed by atoms with Gasteiger partial charge in [0.25, 0.3) is 11.8 Å². The zero-order valence-electron chi connectivity index (χ0n) is 18.2. The maximum Gasteiger partial charge on any atom is 0.286 e.